The van der Waals surface area contributed by atoms with Gasteiger partial charge in [0.2, 0.25) is 0 Å². The Hall–Kier alpha value is -1.07. The molecule has 0 atom stereocenters. The van der Waals surface area contributed by atoms with Gasteiger partial charge >= 0.3 is 5.97 Å². The summed E-state index contributed by atoms with van der Waals surface area (Å²) >= 11 is 9.26. The Labute approximate surface area is 105 Å². The molecule has 0 aliphatic carbocycles. The molecule has 0 bridgehead atoms. The predicted molar refractivity (Wildman–Crippen MR) is 65.1 cm³/mol. The van der Waals surface area contributed by atoms with E-state index in [0.29, 0.717) is 5.52 Å². The third-order valence-electron chi connectivity index (χ3n) is 2.49. The Morgan fingerprint density at radius 1 is 1.62 bits per heavy atom. The smallest absolute Gasteiger partial charge is 0.339 e. The van der Waals surface area contributed by atoms with Crippen molar-refractivity contribution < 1.29 is 9.90 Å². The SMILES string of the molecule is Cc1nc2c(C(=O)O)c(Cl)cc(Br)c2n1C. The summed E-state index contributed by atoms with van der Waals surface area (Å²) in [5.41, 5.74) is 1.19. The van der Waals surface area contributed by atoms with Crippen molar-refractivity contribution in [2.24, 2.45) is 7.05 Å². The molecule has 0 unspecified atom stereocenters. The third-order valence-corrected chi connectivity index (χ3v) is 3.39. The van der Waals surface area contributed by atoms with Crippen molar-refractivity contribution in [3.8, 4) is 0 Å². The van der Waals surface area contributed by atoms with Crippen LogP contribution < -0.4 is 0 Å². The molecule has 0 radical (unpaired) electrons. The van der Waals surface area contributed by atoms with E-state index in [4.69, 9.17) is 16.7 Å². The maximum absolute atomic E-state index is 11.1. The van der Waals surface area contributed by atoms with E-state index in [1.165, 1.54) is 0 Å². The largest absolute Gasteiger partial charge is 0.478 e. The highest BCUT2D eigenvalue weighted by atomic mass is 79.9. The summed E-state index contributed by atoms with van der Waals surface area (Å²) in [4.78, 5) is 15.3. The van der Waals surface area contributed by atoms with Crippen LogP contribution in [-0.2, 0) is 7.05 Å². The Balaban J connectivity index is 3.02. The fraction of sp³-hybridized carbons (Fsp3) is 0.200. The van der Waals surface area contributed by atoms with Gasteiger partial charge in [-0.15, -0.1) is 0 Å². The van der Waals surface area contributed by atoms with Gasteiger partial charge in [0.25, 0.3) is 0 Å². The molecule has 1 N–H and O–H groups in total. The molecule has 4 nitrogen and oxygen atoms in total. The van der Waals surface area contributed by atoms with Gasteiger partial charge in [-0.1, -0.05) is 11.6 Å². The van der Waals surface area contributed by atoms with Crippen molar-refractivity contribution in [1.82, 2.24) is 9.55 Å². The number of nitrogens with zero attached hydrogens (tertiary/aromatic N) is 2. The fourth-order valence-corrected chi connectivity index (χ4v) is 2.72. The van der Waals surface area contributed by atoms with Crippen LogP contribution in [-0.4, -0.2) is 20.6 Å². The van der Waals surface area contributed by atoms with E-state index in [9.17, 15) is 4.79 Å². The molecule has 84 valence electrons. The highest BCUT2D eigenvalue weighted by molar-refractivity contribution is 9.10. The minimum atomic E-state index is -1.07. The molecule has 6 heteroatoms. The van der Waals surface area contributed by atoms with Gasteiger partial charge < -0.3 is 9.67 Å². The average Bonchev–Trinajstić information content (AvgIpc) is 2.42. The maximum Gasteiger partial charge on any atom is 0.339 e. The van der Waals surface area contributed by atoms with Crippen LogP contribution in [0.15, 0.2) is 10.5 Å². The number of carboxylic acids is 1. The topological polar surface area (TPSA) is 55.1 Å². The molecule has 0 fully saturated rings. The molecule has 0 aliphatic heterocycles. The molecule has 0 saturated carbocycles. The highest BCUT2D eigenvalue weighted by Gasteiger charge is 2.20. The lowest BCUT2D eigenvalue weighted by Gasteiger charge is -2.03. The second-order valence-electron chi connectivity index (χ2n) is 3.44. The third kappa shape index (κ3) is 1.51. The lowest BCUT2D eigenvalue weighted by atomic mass is 10.2. The number of hydrogen-bond acceptors (Lipinski definition) is 2. The Bertz CT molecular complexity index is 607. The quantitative estimate of drug-likeness (QED) is 0.881. The number of aromatic nitrogens is 2. The number of aryl methyl sites for hydroxylation is 2. The minimum Gasteiger partial charge on any atom is -0.478 e. The first-order valence-electron chi connectivity index (χ1n) is 4.47. The van der Waals surface area contributed by atoms with E-state index in [2.05, 4.69) is 20.9 Å². The zero-order chi connectivity index (χ0) is 12.0. The Morgan fingerprint density at radius 2 is 2.25 bits per heavy atom. The number of fused-ring (bicyclic) bond motifs is 1. The summed E-state index contributed by atoms with van der Waals surface area (Å²) in [7, 11) is 1.83. The van der Waals surface area contributed by atoms with Crippen LogP contribution in [0.2, 0.25) is 5.02 Å². The van der Waals surface area contributed by atoms with Gasteiger partial charge in [0.1, 0.15) is 16.9 Å². The summed E-state index contributed by atoms with van der Waals surface area (Å²) in [5, 5.41) is 9.29. The van der Waals surface area contributed by atoms with E-state index < -0.39 is 5.97 Å². The van der Waals surface area contributed by atoms with Crippen LogP contribution in [0.3, 0.4) is 0 Å². The van der Waals surface area contributed by atoms with E-state index in [0.717, 1.165) is 15.8 Å². The van der Waals surface area contributed by atoms with Gasteiger partial charge in [-0.25, -0.2) is 9.78 Å². The van der Waals surface area contributed by atoms with Crippen LogP contribution in [0.25, 0.3) is 11.0 Å². The molecule has 2 rings (SSSR count). The molecular formula is C10H8BrClN2O2. The van der Waals surface area contributed by atoms with Gasteiger partial charge in [0, 0.05) is 11.5 Å². The number of carbonyl (C=O) groups is 1. The maximum atomic E-state index is 11.1. The van der Waals surface area contributed by atoms with E-state index in [1.807, 2.05) is 18.5 Å². The zero-order valence-corrected chi connectivity index (χ0v) is 10.9. The molecule has 2 aromatic rings. The first-order valence-corrected chi connectivity index (χ1v) is 5.65. The van der Waals surface area contributed by atoms with E-state index >= 15 is 0 Å². The second-order valence-corrected chi connectivity index (χ2v) is 4.70. The van der Waals surface area contributed by atoms with Gasteiger partial charge in [0.05, 0.1) is 10.5 Å². The van der Waals surface area contributed by atoms with Crippen molar-refractivity contribution in [3.63, 3.8) is 0 Å². The van der Waals surface area contributed by atoms with Crippen molar-refractivity contribution in [2.45, 2.75) is 6.92 Å². The monoisotopic (exact) mass is 302 g/mol. The molecule has 1 heterocycles. The standard InChI is InChI=1S/C10H8BrClN2O2/c1-4-13-8-7(10(15)16)6(12)3-5(11)9(8)14(4)2/h3H,1-2H3,(H,15,16). The average molecular weight is 304 g/mol. The summed E-state index contributed by atoms with van der Waals surface area (Å²) in [5.74, 6) is -0.332. The highest BCUT2D eigenvalue weighted by Crippen LogP contribution is 2.32. The second kappa shape index (κ2) is 3.75. The van der Waals surface area contributed by atoms with Crippen LogP contribution in [0.1, 0.15) is 16.2 Å². The zero-order valence-electron chi connectivity index (χ0n) is 8.58. The van der Waals surface area contributed by atoms with Crippen LogP contribution in [0, 0.1) is 6.92 Å². The Kier molecular flexibility index (Phi) is 2.67. The normalized spacial score (nSPS) is 11.0. The number of carboxylic acid groups (broad SMARTS) is 1. The fourth-order valence-electron chi connectivity index (χ4n) is 1.63. The van der Waals surface area contributed by atoms with Crippen molar-refractivity contribution >= 4 is 44.5 Å². The minimum absolute atomic E-state index is 0.0450. The lowest BCUT2D eigenvalue weighted by molar-refractivity contribution is 0.0699. The molecule has 1 aromatic carbocycles. The van der Waals surface area contributed by atoms with E-state index in [1.54, 1.807) is 6.07 Å². The first kappa shape index (κ1) is 11.4. The molecule has 1 aromatic heterocycles. The molecule has 0 saturated heterocycles. The molecule has 16 heavy (non-hydrogen) atoms. The number of hydrogen-bond donors (Lipinski definition) is 1. The van der Waals surface area contributed by atoms with Gasteiger partial charge in [-0.3, -0.25) is 0 Å². The van der Waals surface area contributed by atoms with Crippen molar-refractivity contribution in [1.29, 1.82) is 0 Å². The summed E-state index contributed by atoms with van der Waals surface area (Å²) in [6.07, 6.45) is 0. The van der Waals surface area contributed by atoms with E-state index in [-0.39, 0.29) is 10.6 Å². The van der Waals surface area contributed by atoms with Gasteiger partial charge in [0.15, 0.2) is 0 Å². The van der Waals surface area contributed by atoms with Gasteiger partial charge in [-0.2, -0.15) is 0 Å². The number of aromatic carboxylic acids is 1. The molecule has 0 amide bonds. The number of imidazole rings is 1. The summed E-state index contributed by atoms with van der Waals surface area (Å²) in [6, 6.07) is 1.58. The number of halogens is 2. The van der Waals surface area contributed by atoms with Crippen LogP contribution in [0.4, 0.5) is 0 Å². The molecular weight excluding hydrogens is 295 g/mol. The van der Waals surface area contributed by atoms with Crippen molar-refractivity contribution in [2.75, 3.05) is 0 Å². The summed E-state index contributed by atoms with van der Waals surface area (Å²) in [6.45, 7) is 1.81. The van der Waals surface area contributed by atoms with Gasteiger partial charge in [-0.05, 0) is 28.9 Å². The Morgan fingerprint density at radius 3 is 2.81 bits per heavy atom. The molecule has 0 aliphatic rings. The predicted octanol–water partition coefficient (Wildman–Crippen LogP) is 3.00. The van der Waals surface area contributed by atoms with Crippen LogP contribution in [0.5, 0.6) is 0 Å². The van der Waals surface area contributed by atoms with Crippen molar-refractivity contribution in [3.05, 3.63) is 26.9 Å². The summed E-state index contributed by atoms with van der Waals surface area (Å²) < 4.78 is 2.56. The van der Waals surface area contributed by atoms with Crippen LogP contribution >= 0.6 is 27.5 Å². The number of benzene rings is 1. The first-order chi connectivity index (χ1) is 7.43. The lowest BCUT2D eigenvalue weighted by Crippen LogP contribution is -2.00. The molecule has 0 spiro atoms. The number of rotatable bonds is 1.